The van der Waals surface area contributed by atoms with Crippen molar-refractivity contribution in [3.63, 3.8) is 0 Å². The third-order valence-corrected chi connectivity index (χ3v) is 5.33. The molecule has 0 saturated carbocycles. The second kappa shape index (κ2) is 9.84. The molecule has 0 spiro atoms. The molecule has 1 aliphatic rings. The Bertz CT molecular complexity index is 1290. The molecule has 2 aromatic carbocycles. The maximum atomic E-state index is 15.5. The van der Waals surface area contributed by atoms with Crippen LogP contribution in [-0.2, 0) is 14.2 Å². The van der Waals surface area contributed by atoms with Gasteiger partial charge in [-0.3, -0.25) is 14.3 Å². The van der Waals surface area contributed by atoms with Gasteiger partial charge in [-0.05, 0) is 31.2 Å². The van der Waals surface area contributed by atoms with E-state index < -0.39 is 54.4 Å². The van der Waals surface area contributed by atoms with Gasteiger partial charge in [-0.15, -0.1) is 0 Å². The van der Waals surface area contributed by atoms with Crippen molar-refractivity contribution in [2.24, 2.45) is 0 Å². The Labute approximate surface area is 192 Å². The number of nitrogens with one attached hydrogen (secondary N) is 1. The number of aromatic amines is 1. The summed E-state index contributed by atoms with van der Waals surface area (Å²) in [5, 5.41) is 0. The zero-order valence-corrected chi connectivity index (χ0v) is 18.1. The maximum absolute atomic E-state index is 15.5. The van der Waals surface area contributed by atoms with Gasteiger partial charge in [-0.25, -0.2) is 18.8 Å². The van der Waals surface area contributed by atoms with Gasteiger partial charge in [0.2, 0.25) is 0 Å². The molecule has 0 radical (unpaired) electrons. The molecule has 176 valence electrons. The molecule has 2 heterocycles. The topological polar surface area (TPSA) is 117 Å². The normalized spacial score (nSPS) is 21.7. The number of rotatable bonds is 6. The van der Waals surface area contributed by atoms with Gasteiger partial charge in [0.25, 0.3) is 5.56 Å². The zero-order valence-electron chi connectivity index (χ0n) is 18.1. The molecular formula is C24H21FN2O7. The Balaban J connectivity index is 1.59. The molecular weight excluding hydrogens is 447 g/mol. The Kier molecular flexibility index (Phi) is 6.69. The highest BCUT2D eigenvalue weighted by Gasteiger charge is 2.49. The van der Waals surface area contributed by atoms with Crippen molar-refractivity contribution in [2.75, 3.05) is 6.61 Å². The second-order valence-corrected chi connectivity index (χ2v) is 7.69. The molecule has 1 aliphatic heterocycles. The number of benzene rings is 2. The van der Waals surface area contributed by atoms with Gasteiger partial charge in [0.1, 0.15) is 12.7 Å². The fraction of sp³-hybridized carbons (Fsp3) is 0.250. The second-order valence-electron chi connectivity index (χ2n) is 7.69. The van der Waals surface area contributed by atoms with E-state index in [4.69, 9.17) is 14.2 Å². The van der Waals surface area contributed by atoms with Crippen LogP contribution in [0.3, 0.4) is 0 Å². The molecule has 9 nitrogen and oxygen atoms in total. The first-order valence-electron chi connectivity index (χ1n) is 10.4. The van der Waals surface area contributed by atoms with E-state index in [1.54, 1.807) is 48.5 Å². The monoisotopic (exact) mass is 468 g/mol. The highest BCUT2D eigenvalue weighted by atomic mass is 19.1. The zero-order chi connectivity index (χ0) is 24.2. The molecule has 1 fully saturated rings. The predicted octanol–water partition coefficient (Wildman–Crippen LogP) is 2.16. The number of esters is 2. The first-order chi connectivity index (χ1) is 16.3. The Hall–Kier alpha value is -4.05. The van der Waals surface area contributed by atoms with E-state index >= 15 is 4.39 Å². The van der Waals surface area contributed by atoms with Gasteiger partial charge in [0.15, 0.2) is 18.5 Å². The highest BCUT2D eigenvalue weighted by molar-refractivity contribution is 5.90. The van der Waals surface area contributed by atoms with E-state index in [-0.39, 0.29) is 16.7 Å². The lowest BCUT2D eigenvalue weighted by Crippen LogP contribution is -2.38. The minimum atomic E-state index is -1.99. The summed E-state index contributed by atoms with van der Waals surface area (Å²) in [4.78, 5) is 51.0. The summed E-state index contributed by atoms with van der Waals surface area (Å²) in [6.45, 7) is 1.01. The molecule has 10 heteroatoms. The standard InChI is InChI=1S/C24H21FN2O7/c1-14-12-27(24(31)26-20(14)28)21-18(25)19(34-23(30)16-10-6-3-7-11-16)17(33-21)13-32-22(29)15-8-4-2-5-9-15/h2-12,17-19,21H,13H2,1H3,(H,26,28,31)/t17-,18+,19-,21-/m0/s1. The molecule has 4 atom stereocenters. The molecule has 3 aromatic rings. The van der Waals surface area contributed by atoms with Gasteiger partial charge in [-0.2, -0.15) is 0 Å². The molecule has 0 amide bonds. The van der Waals surface area contributed by atoms with E-state index in [9.17, 15) is 19.2 Å². The summed E-state index contributed by atoms with van der Waals surface area (Å²) in [7, 11) is 0. The maximum Gasteiger partial charge on any atom is 0.338 e. The molecule has 34 heavy (non-hydrogen) atoms. The van der Waals surface area contributed by atoms with E-state index in [0.717, 1.165) is 10.8 Å². The molecule has 1 aromatic heterocycles. The lowest BCUT2D eigenvalue weighted by Gasteiger charge is -2.19. The Morgan fingerprint density at radius 1 is 1.00 bits per heavy atom. The number of alkyl halides is 1. The molecule has 4 rings (SSSR count). The van der Waals surface area contributed by atoms with Gasteiger partial charge in [0, 0.05) is 11.8 Å². The third kappa shape index (κ3) is 4.81. The molecule has 1 N–H and O–H groups in total. The smallest absolute Gasteiger partial charge is 0.338 e. The number of hydrogen-bond donors (Lipinski definition) is 1. The van der Waals surface area contributed by atoms with Gasteiger partial charge in [-0.1, -0.05) is 36.4 Å². The number of carbonyl (C=O) groups is 2. The minimum absolute atomic E-state index is 0.159. The highest BCUT2D eigenvalue weighted by Crippen LogP contribution is 2.34. The van der Waals surface area contributed by atoms with E-state index in [1.165, 1.54) is 19.1 Å². The van der Waals surface area contributed by atoms with E-state index in [2.05, 4.69) is 4.98 Å². The fourth-order valence-corrected chi connectivity index (χ4v) is 3.55. The fourth-order valence-electron chi connectivity index (χ4n) is 3.55. The van der Waals surface area contributed by atoms with Crippen molar-refractivity contribution < 1.29 is 28.2 Å². The van der Waals surface area contributed by atoms with Crippen molar-refractivity contribution in [3.8, 4) is 0 Å². The number of aryl methyl sites for hydroxylation is 1. The van der Waals surface area contributed by atoms with Crippen LogP contribution >= 0.6 is 0 Å². The van der Waals surface area contributed by atoms with E-state index in [0.29, 0.717) is 0 Å². The summed E-state index contributed by atoms with van der Waals surface area (Å²) in [5.74, 6) is -1.48. The van der Waals surface area contributed by atoms with Gasteiger partial charge < -0.3 is 14.2 Å². The first kappa shape index (κ1) is 23.1. The molecule has 0 unspecified atom stereocenters. The summed E-state index contributed by atoms with van der Waals surface area (Å²) < 4.78 is 32.7. The number of carbonyl (C=O) groups excluding carboxylic acids is 2. The van der Waals surface area contributed by atoms with E-state index in [1.807, 2.05) is 0 Å². The summed E-state index contributed by atoms with van der Waals surface area (Å²) >= 11 is 0. The van der Waals surface area contributed by atoms with Crippen LogP contribution in [0, 0.1) is 6.92 Å². The van der Waals surface area contributed by atoms with Crippen LogP contribution < -0.4 is 11.2 Å². The molecule has 0 bridgehead atoms. The van der Waals surface area contributed by atoms with Crippen molar-refractivity contribution in [2.45, 2.75) is 31.5 Å². The Morgan fingerprint density at radius 3 is 2.21 bits per heavy atom. The van der Waals surface area contributed by atoms with Gasteiger partial charge >= 0.3 is 17.6 Å². The molecule has 0 aliphatic carbocycles. The minimum Gasteiger partial charge on any atom is -0.459 e. The van der Waals surface area contributed by atoms with Crippen molar-refractivity contribution in [1.82, 2.24) is 9.55 Å². The van der Waals surface area contributed by atoms with Gasteiger partial charge in [0.05, 0.1) is 11.1 Å². The summed E-state index contributed by atoms with van der Waals surface area (Å²) in [5.41, 5.74) is -0.880. The van der Waals surface area contributed by atoms with Crippen LogP contribution in [0.2, 0.25) is 0 Å². The van der Waals surface area contributed by atoms with Crippen LogP contribution in [0.5, 0.6) is 0 Å². The number of H-pyrrole nitrogens is 1. The van der Waals surface area contributed by atoms with Crippen LogP contribution in [0.4, 0.5) is 4.39 Å². The van der Waals surface area contributed by atoms with Crippen molar-refractivity contribution in [1.29, 1.82) is 0 Å². The number of ether oxygens (including phenoxy) is 3. The SMILES string of the molecule is Cc1cn([C@H]2O[C@@H](COC(=O)c3ccccc3)[C@H](OC(=O)c3ccccc3)[C@H]2F)c(=O)[nH]c1=O. The van der Waals surface area contributed by atoms with Crippen LogP contribution in [0.25, 0.3) is 0 Å². The average molecular weight is 468 g/mol. The predicted molar refractivity (Wildman–Crippen MR) is 117 cm³/mol. The number of aromatic nitrogens is 2. The lowest BCUT2D eigenvalue weighted by atomic mass is 10.1. The number of nitrogens with zero attached hydrogens (tertiary/aromatic N) is 1. The van der Waals surface area contributed by atoms with Crippen LogP contribution in [0.1, 0.15) is 32.5 Å². The third-order valence-electron chi connectivity index (χ3n) is 5.33. The number of halogens is 1. The first-order valence-corrected chi connectivity index (χ1v) is 10.4. The van der Waals surface area contributed by atoms with Crippen molar-refractivity contribution in [3.05, 3.63) is 104 Å². The summed E-state index contributed by atoms with van der Waals surface area (Å²) in [6.07, 6.45) is -5.04. The van der Waals surface area contributed by atoms with Crippen LogP contribution in [0.15, 0.2) is 76.4 Å². The van der Waals surface area contributed by atoms with Crippen LogP contribution in [-0.4, -0.2) is 46.5 Å². The quantitative estimate of drug-likeness (QED) is 0.551. The average Bonchev–Trinajstić information content (AvgIpc) is 3.15. The van der Waals surface area contributed by atoms with Crippen molar-refractivity contribution >= 4 is 11.9 Å². The molecule has 1 saturated heterocycles. The lowest BCUT2D eigenvalue weighted by molar-refractivity contribution is -0.0592. The Morgan fingerprint density at radius 2 is 1.59 bits per heavy atom. The number of hydrogen-bond acceptors (Lipinski definition) is 7. The summed E-state index contributed by atoms with van der Waals surface area (Å²) in [6, 6.07) is 16.1. The largest absolute Gasteiger partial charge is 0.459 e.